The molecular weight excluding hydrogens is 400 g/mol. The highest BCUT2D eigenvalue weighted by Gasteiger charge is 2.27. The van der Waals surface area contributed by atoms with Crippen molar-refractivity contribution < 1.29 is 14.1 Å². The average molecular weight is 433 g/mol. The highest BCUT2D eigenvalue weighted by molar-refractivity contribution is 7.98. The summed E-state index contributed by atoms with van der Waals surface area (Å²) in [7, 11) is 0. The van der Waals surface area contributed by atoms with Crippen LogP contribution < -0.4 is 5.32 Å². The lowest BCUT2D eigenvalue weighted by Gasteiger charge is -2.38. The van der Waals surface area contributed by atoms with E-state index in [1.165, 1.54) is 11.8 Å². The summed E-state index contributed by atoms with van der Waals surface area (Å²) in [5.74, 6) is 1.85. The minimum Gasteiger partial charge on any atom is -0.379 e. The first-order valence-corrected chi connectivity index (χ1v) is 11.7. The number of aromatic nitrogens is 2. The van der Waals surface area contributed by atoms with Crippen LogP contribution in [0, 0.1) is 12.8 Å². The Kier molecular flexibility index (Phi) is 8.72. The molecule has 30 heavy (non-hydrogen) atoms. The molecule has 8 heteroatoms. The molecule has 164 valence electrons. The lowest BCUT2D eigenvalue weighted by molar-refractivity contribution is 0.00190. The molecule has 0 radical (unpaired) electrons. The van der Waals surface area contributed by atoms with E-state index in [0.717, 1.165) is 50.6 Å². The molecule has 0 bridgehead atoms. The molecule has 0 saturated carbocycles. The fraction of sp³-hybridized carbons (Fsp3) is 0.591. The van der Waals surface area contributed by atoms with Gasteiger partial charge in [-0.2, -0.15) is 0 Å². The number of nitrogens with zero attached hydrogens (tertiary/aromatic N) is 3. The topological polar surface area (TPSA) is 80.5 Å². The van der Waals surface area contributed by atoms with Crippen LogP contribution in [-0.4, -0.2) is 59.8 Å². The van der Waals surface area contributed by atoms with Crippen LogP contribution in [0.15, 0.2) is 33.9 Å². The number of nitrogens with one attached hydrogen (secondary N) is 1. The number of carbonyl (C=O) groups is 1. The zero-order chi connectivity index (χ0) is 21.3. The maximum atomic E-state index is 13.0. The van der Waals surface area contributed by atoms with Gasteiger partial charge in [-0.1, -0.05) is 43.6 Å². The predicted octanol–water partition coefficient (Wildman–Crippen LogP) is 3.54. The molecule has 1 amide bonds. The van der Waals surface area contributed by atoms with E-state index in [-0.39, 0.29) is 5.91 Å². The second-order valence-electron chi connectivity index (χ2n) is 7.58. The maximum Gasteiger partial charge on any atom is 0.254 e. The highest BCUT2D eigenvalue weighted by atomic mass is 32.2. The van der Waals surface area contributed by atoms with Crippen molar-refractivity contribution in [2.75, 3.05) is 32.8 Å². The van der Waals surface area contributed by atoms with Crippen molar-refractivity contribution >= 4 is 17.7 Å². The van der Waals surface area contributed by atoms with E-state index >= 15 is 0 Å². The number of pyridine rings is 1. The number of rotatable bonds is 10. The minimum absolute atomic E-state index is 0.0776. The Bertz CT molecular complexity index is 803. The van der Waals surface area contributed by atoms with E-state index in [4.69, 9.17) is 9.26 Å². The van der Waals surface area contributed by atoms with Gasteiger partial charge in [0.25, 0.3) is 5.91 Å². The number of hydrogen-bond donors (Lipinski definition) is 1. The first kappa shape index (κ1) is 22.8. The van der Waals surface area contributed by atoms with Gasteiger partial charge in [0.1, 0.15) is 10.8 Å². The molecular formula is C22H32N4O3S. The molecule has 1 aliphatic heterocycles. The fourth-order valence-corrected chi connectivity index (χ4v) is 4.81. The van der Waals surface area contributed by atoms with Gasteiger partial charge >= 0.3 is 0 Å². The maximum absolute atomic E-state index is 13.0. The number of amides is 1. The van der Waals surface area contributed by atoms with Gasteiger partial charge in [0, 0.05) is 43.7 Å². The molecule has 7 nitrogen and oxygen atoms in total. The first-order chi connectivity index (χ1) is 14.6. The van der Waals surface area contributed by atoms with Crippen LogP contribution in [-0.2, 0) is 10.5 Å². The molecule has 1 atom stereocenters. The Morgan fingerprint density at radius 1 is 1.30 bits per heavy atom. The number of ether oxygens (including phenoxy) is 1. The molecule has 2 aromatic heterocycles. The molecule has 3 heterocycles. The standard InChI is InChI=1S/C22H32N4O3S/c1-4-17(5-2)20(26-9-11-28-12-10-26)14-24-21(27)19-7-6-8-23-22(19)30-15-18-13-16(3)29-25-18/h6-8,13,17,20H,4-5,9-12,14-15H2,1-3H3,(H,24,27). The van der Waals surface area contributed by atoms with Crippen LogP contribution in [0.3, 0.4) is 0 Å². The summed E-state index contributed by atoms with van der Waals surface area (Å²) < 4.78 is 10.6. The van der Waals surface area contributed by atoms with Crippen LogP contribution in [0.2, 0.25) is 0 Å². The second-order valence-corrected chi connectivity index (χ2v) is 8.54. The summed E-state index contributed by atoms with van der Waals surface area (Å²) in [6.45, 7) is 10.3. The predicted molar refractivity (Wildman–Crippen MR) is 118 cm³/mol. The quantitative estimate of drug-likeness (QED) is 0.575. The Morgan fingerprint density at radius 3 is 2.73 bits per heavy atom. The zero-order valence-corrected chi connectivity index (χ0v) is 18.9. The minimum atomic E-state index is -0.0776. The number of hydrogen-bond acceptors (Lipinski definition) is 7. The van der Waals surface area contributed by atoms with Gasteiger partial charge in [0.15, 0.2) is 0 Å². The third-order valence-electron chi connectivity index (χ3n) is 5.63. The van der Waals surface area contributed by atoms with Crippen molar-refractivity contribution in [1.82, 2.24) is 20.4 Å². The van der Waals surface area contributed by atoms with Gasteiger partial charge < -0.3 is 14.6 Å². The van der Waals surface area contributed by atoms with Crippen molar-refractivity contribution in [3.05, 3.63) is 41.4 Å². The van der Waals surface area contributed by atoms with Crippen molar-refractivity contribution in [1.29, 1.82) is 0 Å². The molecule has 1 fully saturated rings. The molecule has 0 aliphatic carbocycles. The second kappa shape index (κ2) is 11.5. The lowest BCUT2D eigenvalue weighted by Crippen LogP contribution is -2.52. The summed E-state index contributed by atoms with van der Waals surface area (Å²) in [4.78, 5) is 19.9. The molecule has 1 aliphatic rings. The summed E-state index contributed by atoms with van der Waals surface area (Å²) in [5.41, 5.74) is 1.45. The van der Waals surface area contributed by atoms with Crippen LogP contribution in [0.5, 0.6) is 0 Å². The largest absolute Gasteiger partial charge is 0.379 e. The smallest absolute Gasteiger partial charge is 0.254 e. The van der Waals surface area contributed by atoms with Crippen LogP contribution >= 0.6 is 11.8 Å². The van der Waals surface area contributed by atoms with Crippen molar-refractivity contribution in [3.63, 3.8) is 0 Å². The summed E-state index contributed by atoms with van der Waals surface area (Å²) in [5, 5.41) is 7.90. The van der Waals surface area contributed by atoms with E-state index in [2.05, 4.69) is 34.2 Å². The third-order valence-corrected chi connectivity index (χ3v) is 6.67. The van der Waals surface area contributed by atoms with Gasteiger partial charge in [-0.3, -0.25) is 9.69 Å². The molecule has 0 spiro atoms. The van der Waals surface area contributed by atoms with Crippen molar-refractivity contribution in [2.24, 2.45) is 5.92 Å². The van der Waals surface area contributed by atoms with Crippen molar-refractivity contribution in [2.45, 2.75) is 50.4 Å². The Labute approximate surface area is 182 Å². The van der Waals surface area contributed by atoms with Crippen LogP contribution in [0.1, 0.15) is 48.5 Å². The molecule has 1 unspecified atom stereocenters. The number of carbonyl (C=O) groups excluding carboxylic acids is 1. The van der Waals surface area contributed by atoms with E-state index in [1.807, 2.05) is 19.1 Å². The molecule has 2 aromatic rings. The normalized spacial score (nSPS) is 16.0. The lowest BCUT2D eigenvalue weighted by atomic mass is 9.92. The van der Waals surface area contributed by atoms with Gasteiger partial charge in [-0.05, 0) is 25.0 Å². The van der Waals surface area contributed by atoms with Crippen LogP contribution in [0.25, 0.3) is 0 Å². The molecule has 0 aromatic carbocycles. The van der Waals surface area contributed by atoms with Gasteiger partial charge in [0.2, 0.25) is 0 Å². The first-order valence-electron chi connectivity index (χ1n) is 10.7. The Balaban J connectivity index is 1.65. The monoisotopic (exact) mass is 432 g/mol. The third kappa shape index (κ3) is 6.06. The number of thioether (sulfide) groups is 1. The summed E-state index contributed by atoms with van der Waals surface area (Å²) in [6.07, 6.45) is 3.91. The van der Waals surface area contributed by atoms with E-state index in [9.17, 15) is 4.79 Å². The van der Waals surface area contributed by atoms with E-state index < -0.39 is 0 Å². The van der Waals surface area contributed by atoms with Gasteiger partial charge in [0.05, 0.1) is 24.5 Å². The summed E-state index contributed by atoms with van der Waals surface area (Å²) in [6, 6.07) is 5.86. The van der Waals surface area contributed by atoms with Crippen molar-refractivity contribution in [3.8, 4) is 0 Å². The Morgan fingerprint density at radius 2 is 2.07 bits per heavy atom. The Hall–Kier alpha value is -1.90. The average Bonchev–Trinajstić information content (AvgIpc) is 3.21. The van der Waals surface area contributed by atoms with E-state index in [0.29, 0.717) is 34.8 Å². The molecule has 1 saturated heterocycles. The summed E-state index contributed by atoms with van der Waals surface area (Å²) >= 11 is 1.50. The van der Waals surface area contributed by atoms with Crippen LogP contribution in [0.4, 0.5) is 0 Å². The van der Waals surface area contributed by atoms with E-state index in [1.54, 1.807) is 12.3 Å². The zero-order valence-electron chi connectivity index (χ0n) is 18.1. The molecule has 1 N–H and O–H groups in total. The molecule has 3 rings (SSSR count). The SMILES string of the molecule is CCC(CC)C(CNC(=O)c1cccnc1SCc1cc(C)on1)N1CCOCC1. The van der Waals surface area contributed by atoms with Gasteiger partial charge in [-0.15, -0.1) is 0 Å². The van der Waals surface area contributed by atoms with Gasteiger partial charge in [-0.25, -0.2) is 4.98 Å². The number of morpholine rings is 1. The number of aryl methyl sites for hydroxylation is 1. The highest BCUT2D eigenvalue weighted by Crippen LogP contribution is 2.24. The fourth-order valence-electron chi connectivity index (χ4n) is 3.94.